The van der Waals surface area contributed by atoms with Crippen molar-refractivity contribution >= 4 is 47.8 Å². The first-order valence-electron chi connectivity index (χ1n) is 3.05. The third-order valence-electron chi connectivity index (χ3n) is 1.39. The van der Waals surface area contributed by atoms with Gasteiger partial charge in [-0.1, -0.05) is 16.6 Å². The van der Waals surface area contributed by atoms with Crippen molar-refractivity contribution < 1.29 is 4.58 Å². The highest BCUT2D eigenvalue weighted by Gasteiger charge is 2.25. The fourth-order valence-corrected chi connectivity index (χ4v) is 1.31. The quantitative estimate of drug-likeness (QED) is 0.365. The molecule has 0 fully saturated rings. The van der Waals surface area contributed by atoms with E-state index in [2.05, 4.69) is 21.7 Å². The third kappa shape index (κ3) is 1.00. The number of aliphatic imine (C=N–C) groups is 1. The van der Waals surface area contributed by atoms with E-state index in [1.165, 1.54) is 10.9 Å². The minimum atomic E-state index is 0.0953. The van der Waals surface area contributed by atoms with Crippen LogP contribution in [-0.4, -0.2) is 27.6 Å². The van der Waals surface area contributed by atoms with Crippen LogP contribution in [-0.2, 0) is 0 Å². The maximum absolute atomic E-state index is 5.74. The molecular formula is C6H3Cl2N4+. The fourth-order valence-electron chi connectivity index (χ4n) is 0.885. The van der Waals surface area contributed by atoms with Gasteiger partial charge in [-0.3, -0.25) is 0 Å². The fraction of sp³-hybridized carbons (Fsp3) is 0. The van der Waals surface area contributed by atoms with Crippen LogP contribution in [0, 0.1) is 0 Å². The first-order chi connectivity index (χ1) is 5.68. The second kappa shape index (κ2) is 2.50. The maximum atomic E-state index is 5.74. The molecule has 12 heavy (non-hydrogen) atoms. The summed E-state index contributed by atoms with van der Waals surface area (Å²) in [6, 6.07) is 0. The molecule has 1 aromatic rings. The lowest BCUT2D eigenvalue weighted by Crippen LogP contribution is -1.96. The highest BCUT2D eigenvalue weighted by molar-refractivity contribution is 6.34. The van der Waals surface area contributed by atoms with Crippen LogP contribution in [0.2, 0.25) is 10.4 Å². The van der Waals surface area contributed by atoms with Gasteiger partial charge >= 0.3 is 11.1 Å². The van der Waals surface area contributed by atoms with Crippen LogP contribution >= 0.6 is 23.2 Å². The van der Waals surface area contributed by atoms with Crippen LogP contribution in [0.15, 0.2) is 4.99 Å². The number of nitrogens with zero attached hydrogens (tertiary/aromatic N) is 4. The number of rotatable bonds is 0. The van der Waals surface area contributed by atoms with E-state index >= 15 is 0 Å². The summed E-state index contributed by atoms with van der Waals surface area (Å²) in [5, 5.41) is 0.338. The first-order valence-corrected chi connectivity index (χ1v) is 3.81. The van der Waals surface area contributed by atoms with Gasteiger partial charge in [0.25, 0.3) is 5.69 Å². The van der Waals surface area contributed by atoms with Crippen LogP contribution in [0.4, 0.5) is 11.5 Å². The summed E-state index contributed by atoms with van der Waals surface area (Å²) in [6.45, 7) is 3.64. The Bertz CT molecular complexity index is 399. The van der Waals surface area contributed by atoms with Gasteiger partial charge < -0.3 is 0 Å². The van der Waals surface area contributed by atoms with E-state index in [-0.39, 0.29) is 10.4 Å². The third-order valence-corrected chi connectivity index (χ3v) is 1.83. The molecule has 6 heteroatoms. The number of fused-ring (bicyclic) bond motifs is 1. The molecule has 2 rings (SSSR count). The monoisotopic (exact) mass is 201 g/mol. The van der Waals surface area contributed by atoms with Crippen molar-refractivity contribution in [3.8, 4) is 0 Å². The molecule has 0 saturated heterocycles. The van der Waals surface area contributed by atoms with Crippen molar-refractivity contribution in [2.24, 2.45) is 4.99 Å². The van der Waals surface area contributed by atoms with Crippen molar-refractivity contribution in [3.05, 3.63) is 10.4 Å². The largest absolute Gasteiger partial charge is 0.316 e. The summed E-state index contributed by atoms with van der Waals surface area (Å²) in [6.07, 6.45) is 1.50. The Morgan fingerprint density at radius 1 is 1.33 bits per heavy atom. The Morgan fingerprint density at radius 3 is 2.83 bits per heavy atom. The molecule has 0 aliphatic carbocycles. The Morgan fingerprint density at radius 2 is 2.08 bits per heavy atom. The highest BCUT2D eigenvalue weighted by atomic mass is 35.5. The molecule has 0 amide bonds. The van der Waals surface area contributed by atoms with Gasteiger partial charge in [0.2, 0.25) is 6.34 Å². The molecule has 0 radical (unpaired) electrons. The molecule has 1 aromatic heterocycles. The summed E-state index contributed by atoms with van der Waals surface area (Å²) in [5.41, 5.74) is 0.510. The SMILES string of the molecule is C=[N+]1C=Nc2c(Cl)nc(Cl)nc21. The summed E-state index contributed by atoms with van der Waals surface area (Å²) in [4.78, 5) is 11.6. The Balaban J connectivity index is 2.74. The van der Waals surface area contributed by atoms with Crippen molar-refractivity contribution in [1.82, 2.24) is 9.97 Å². The predicted molar refractivity (Wildman–Crippen MR) is 47.2 cm³/mol. The molecule has 0 unspecified atom stereocenters. The molecule has 2 heterocycles. The van der Waals surface area contributed by atoms with E-state index in [9.17, 15) is 0 Å². The molecule has 0 spiro atoms. The van der Waals surface area contributed by atoms with Gasteiger partial charge in [0.1, 0.15) is 0 Å². The summed E-state index contributed by atoms with van der Waals surface area (Å²) < 4.78 is 1.48. The van der Waals surface area contributed by atoms with Crippen molar-refractivity contribution in [1.29, 1.82) is 0 Å². The van der Waals surface area contributed by atoms with Crippen molar-refractivity contribution in [2.75, 3.05) is 0 Å². The lowest BCUT2D eigenvalue weighted by Gasteiger charge is -1.91. The zero-order valence-corrected chi connectivity index (χ0v) is 7.34. The van der Waals surface area contributed by atoms with Crippen LogP contribution in [0.1, 0.15) is 0 Å². The van der Waals surface area contributed by atoms with E-state index < -0.39 is 0 Å². The predicted octanol–water partition coefficient (Wildman–Crippen LogP) is 1.80. The molecule has 1 aliphatic heterocycles. The molecule has 0 atom stereocenters. The summed E-state index contributed by atoms with van der Waals surface area (Å²) in [7, 11) is 0. The molecule has 0 bridgehead atoms. The van der Waals surface area contributed by atoms with Gasteiger partial charge in [-0.2, -0.15) is 4.98 Å². The average Bonchev–Trinajstić information content (AvgIpc) is 2.33. The lowest BCUT2D eigenvalue weighted by atomic mass is 10.5. The smallest absolute Gasteiger partial charge is 0.210 e. The van der Waals surface area contributed by atoms with Gasteiger partial charge in [-0.25, -0.2) is 4.58 Å². The molecule has 0 aromatic carbocycles. The normalized spacial score (nSPS) is 13.7. The second-order valence-electron chi connectivity index (χ2n) is 2.17. The lowest BCUT2D eigenvalue weighted by molar-refractivity contribution is -0.282. The molecular weight excluding hydrogens is 199 g/mol. The van der Waals surface area contributed by atoms with Gasteiger partial charge in [-0.15, -0.1) is 4.99 Å². The molecule has 4 nitrogen and oxygen atoms in total. The Labute approximate surface area is 78.2 Å². The molecule has 0 N–H and O–H groups in total. The van der Waals surface area contributed by atoms with Crippen LogP contribution in [0.25, 0.3) is 0 Å². The van der Waals surface area contributed by atoms with E-state index in [4.69, 9.17) is 23.2 Å². The average molecular weight is 202 g/mol. The minimum absolute atomic E-state index is 0.0953. The van der Waals surface area contributed by atoms with Gasteiger partial charge in [0.05, 0.1) is 0 Å². The number of halogens is 2. The van der Waals surface area contributed by atoms with Crippen LogP contribution < -0.4 is 0 Å². The van der Waals surface area contributed by atoms with E-state index in [0.29, 0.717) is 11.5 Å². The molecule has 60 valence electrons. The van der Waals surface area contributed by atoms with Gasteiger partial charge in [0, 0.05) is 6.72 Å². The topological polar surface area (TPSA) is 41.1 Å². The van der Waals surface area contributed by atoms with Crippen LogP contribution in [0.3, 0.4) is 0 Å². The Hall–Kier alpha value is -1.00. The van der Waals surface area contributed by atoms with Gasteiger partial charge in [0.15, 0.2) is 5.15 Å². The standard InChI is InChI=1S/C6H3Cl2N4/c1-12-2-9-3-4(7)10-6(8)11-5(3)12/h2H,1H2/q+1. The van der Waals surface area contributed by atoms with E-state index in [1.54, 1.807) is 0 Å². The maximum Gasteiger partial charge on any atom is 0.316 e. The zero-order valence-electron chi connectivity index (χ0n) is 5.83. The molecule has 0 saturated carbocycles. The van der Waals surface area contributed by atoms with E-state index in [1.807, 2.05) is 0 Å². The summed E-state index contributed by atoms with van der Waals surface area (Å²) in [5.74, 6) is 0.528. The number of aromatic nitrogens is 2. The zero-order chi connectivity index (χ0) is 8.72. The van der Waals surface area contributed by atoms with Gasteiger partial charge in [-0.05, 0) is 11.6 Å². The highest BCUT2D eigenvalue weighted by Crippen LogP contribution is 2.35. The number of hydrogen-bond acceptors (Lipinski definition) is 3. The Kier molecular flexibility index (Phi) is 1.59. The van der Waals surface area contributed by atoms with Crippen molar-refractivity contribution in [3.63, 3.8) is 0 Å². The van der Waals surface area contributed by atoms with E-state index in [0.717, 1.165) is 0 Å². The summed E-state index contributed by atoms with van der Waals surface area (Å²) >= 11 is 11.3. The van der Waals surface area contributed by atoms with Crippen molar-refractivity contribution in [2.45, 2.75) is 0 Å². The number of hydrogen-bond donors (Lipinski definition) is 0. The molecule has 1 aliphatic rings. The van der Waals surface area contributed by atoms with Crippen LogP contribution in [0.5, 0.6) is 0 Å². The minimum Gasteiger partial charge on any atom is -0.210 e. The second-order valence-corrected chi connectivity index (χ2v) is 2.87. The first kappa shape index (κ1) is 7.64.